The zero-order valence-corrected chi connectivity index (χ0v) is 15.8. The molecule has 29 heavy (non-hydrogen) atoms. The number of rotatable bonds is 5. The van der Waals surface area contributed by atoms with Gasteiger partial charge in [0.1, 0.15) is 5.75 Å². The Hall–Kier alpha value is -3.14. The van der Waals surface area contributed by atoms with Crippen LogP contribution < -0.4 is 15.4 Å². The fourth-order valence-corrected chi connectivity index (χ4v) is 4.02. The van der Waals surface area contributed by atoms with E-state index >= 15 is 0 Å². The number of primary amides is 1. The highest BCUT2D eigenvalue weighted by molar-refractivity contribution is 7.99. The van der Waals surface area contributed by atoms with Crippen molar-refractivity contribution in [2.75, 3.05) is 17.2 Å². The molecule has 0 aliphatic carbocycles. The Morgan fingerprint density at radius 1 is 1.21 bits per heavy atom. The van der Waals surface area contributed by atoms with Crippen LogP contribution in [0.1, 0.15) is 6.55 Å². The minimum atomic E-state index is -2.79. The first-order valence-electron chi connectivity index (χ1n) is 8.69. The van der Waals surface area contributed by atoms with Gasteiger partial charge in [0, 0.05) is 0 Å². The Bertz CT molecular complexity index is 1090. The fraction of sp³-hybridized carbons (Fsp3) is 0.211. The molecule has 1 aliphatic heterocycles. The molecule has 2 aromatic carbocycles. The summed E-state index contributed by atoms with van der Waals surface area (Å²) in [7, 11) is 0. The number of alkyl halides is 2. The molecule has 0 spiro atoms. The molecule has 0 bridgehead atoms. The van der Waals surface area contributed by atoms with Crippen LogP contribution in [0.2, 0.25) is 0 Å². The number of nitrogens with two attached hydrogens (primary N) is 1. The molecule has 4 rings (SSSR count). The molecular weight excluding hydrogens is 402 g/mol. The Balaban J connectivity index is 1.58. The lowest BCUT2D eigenvalue weighted by Gasteiger charge is -2.33. The number of ether oxygens (including phenoxy) is 1. The first kappa shape index (κ1) is 19.2. The predicted molar refractivity (Wildman–Crippen MR) is 104 cm³/mol. The van der Waals surface area contributed by atoms with Gasteiger partial charge in [0.05, 0.1) is 29.0 Å². The SMILES string of the molecule is NC(=O)[C@@H]1CN(C(=O)CSc2nc3ccccc3n2C(F)F)c2ccccc2O1. The highest BCUT2D eigenvalue weighted by Gasteiger charge is 2.32. The number of amides is 2. The second-order valence-electron chi connectivity index (χ2n) is 6.30. The lowest BCUT2D eigenvalue weighted by Crippen LogP contribution is -2.49. The smallest absolute Gasteiger partial charge is 0.321 e. The first-order valence-corrected chi connectivity index (χ1v) is 9.67. The van der Waals surface area contributed by atoms with Gasteiger partial charge in [-0.15, -0.1) is 0 Å². The number of thioether (sulfide) groups is 1. The van der Waals surface area contributed by atoms with E-state index in [-0.39, 0.29) is 23.4 Å². The minimum absolute atomic E-state index is 0.0440. The number of carbonyl (C=O) groups is 2. The second-order valence-corrected chi connectivity index (χ2v) is 7.24. The monoisotopic (exact) mass is 418 g/mol. The van der Waals surface area contributed by atoms with Gasteiger partial charge in [0.2, 0.25) is 5.91 Å². The maximum atomic E-state index is 13.6. The number of hydrogen-bond donors (Lipinski definition) is 1. The molecule has 0 fully saturated rings. The molecule has 2 amide bonds. The number of nitrogens with zero attached hydrogens (tertiary/aromatic N) is 3. The zero-order valence-electron chi connectivity index (χ0n) is 15.0. The van der Waals surface area contributed by atoms with Gasteiger partial charge in [0.15, 0.2) is 11.3 Å². The topological polar surface area (TPSA) is 90.5 Å². The summed E-state index contributed by atoms with van der Waals surface area (Å²) >= 11 is 0.911. The van der Waals surface area contributed by atoms with E-state index in [1.165, 1.54) is 4.90 Å². The maximum absolute atomic E-state index is 13.6. The minimum Gasteiger partial charge on any atom is -0.477 e. The van der Waals surface area contributed by atoms with Crippen LogP contribution in [0, 0.1) is 0 Å². The summed E-state index contributed by atoms with van der Waals surface area (Å²) in [4.78, 5) is 30.1. The van der Waals surface area contributed by atoms with Crippen LogP contribution in [0.4, 0.5) is 14.5 Å². The van der Waals surface area contributed by atoms with Gasteiger partial charge in [-0.2, -0.15) is 8.78 Å². The summed E-state index contributed by atoms with van der Waals surface area (Å²) in [6.45, 7) is -2.83. The van der Waals surface area contributed by atoms with Gasteiger partial charge in [-0.05, 0) is 24.3 Å². The number of aromatic nitrogens is 2. The van der Waals surface area contributed by atoms with Crippen molar-refractivity contribution in [1.29, 1.82) is 0 Å². The average molecular weight is 418 g/mol. The number of benzene rings is 2. The van der Waals surface area contributed by atoms with Gasteiger partial charge >= 0.3 is 6.55 Å². The van der Waals surface area contributed by atoms with E-state index in [9.17, 15) is 18.4 Å². The van der Waals surface area contributed by atoms with Gasteiger partial charge in [-0.1, -0.05) is 36.0 Å². The van der Waals surface area contributed by atoms with Crippen LogP contribution in [0.3, 0.4) is 0 Å². The van der Waals surface area contributed by atoms with Crippen molar-refractivity contribution in [2.24, 2.45) is 5.73 Å². The van der Waals surface area contributed by atoms with E-state index < -0.39 is 18.6 Å². The largest absolute Gasteiger partial charge is 0.477 e. The average Bonchev–Trinajstić information content (AvgIpc) is 3.09. The molecule has 1 aromatic heterocycles. The number of halogens is 2. The summed E-state index contributed by atoms with van der Waals surface area (Å²) in [5.41, 5.74) is 6.56. The van der Waals surface area contributed by atoms with Crippen molar-refractivity contribution in [3.8, 4) is 5.75 Å². The number of carbonyl (C=O) groups excluding carboxylic acids is 2. The second kappa shape index (κ2) is 7.70. The van der Waals surface area contributed by atoms with Crippen LogP contribution in [0.5, 0.6) is 5.75 Å². The summed E-state index contributed by atoms with van der Waals surface area (Å²) in [5.74, 6) is -0.842. The first-order chi connectivity index (χ1) is 14.0. The normalized spacial score (nSPS) is 16.0. The molecule has 0 unspecified atom stereocenters. The Kier molecular flexibility index (Phi) is 5.10. The van der Waals surface area contributed by atoms with E-state index in [0.29, 0.717) is 22.5 Å². The van der Waals surface area contributed by atoms with E-state index in [1.54, 1.807) is 48.5 Å². The van der Waals surface area contributed by atoms with Gasteiger partial charge < -0.3 is 15.4 Å². The van der Waals surface area contributed by atoms with Crippen molar-refractivity contribution in [3.63, 3.8) is 0 Å². The lowest BCUT2D eigenvalue weighted by molar-refractivity contribution is -0.125. The van der Waals surface area contributed by atoms with E-state index in [0.717, 1.165) is 16.3 Å². The number of fused-ring (bicyclic) bond motifs is 2. The quantitative estimate of drug-likeness (QED) is 0.644. The number of para-hydroxylation sites is 4. The molecule has 0 saturated carbocycles. The Labute approximate surface area is 168 Å². The molecule has 10 heteroatoms. The molecule has 3 aromatic rings. The summed E-state index contributed by atoms with van der Waals surface area (Å²) in [6.07, 6.45) is -0.982. The fourth-order valence-electron chi connectivity index (χ4n) is 3.14. The third kappa shape index (κ3) is 3.63. The third-order valence-corrected chi connectivity index (χ3v) is 5.41. The molecule has 2 heterocycles. The standard InChI is InChI=1S/C19H16F2N4O3S/c20-18(21)25-12-6-2-1-5-11(12)23-19(25)29-10-16(26)24-9-15(17(22)27)28-14-8-4-3-7-13(14)24/h1-8,15,18H,9-10H2,(H2,22,27)/t15-/m0/s1. The van der Waals surface area contributed by atoms with E-state index in [4.69, 9.17) is 10.5 Å². The van der Waals surface area contributed by atoms with Crippen LogP contribution in [-0.2, 0) is 9.59 Å². The summed E-state index contributed by atoms with van der Waals surface area (Å²) in [5, 5.41) is 0.0440. The van der Waals surface area contributed by atoms with Gasteiger partial charge in [-0.3, -0.25) is 14.2 Å². The highest BCUT2D eigenvalue weighted by atomic mass is 32.2. The molecule has 7 nitrogen and oxygen atoms in total. The van der Waals surface area contributed by atoms with Crippen LogP contribution in [0.15, 0.2) is 53.7 Å². The van der Waals surface area contributed by atoms with Crippen molar-refractivity contribution < 1.29 is 23.1 Å². The third-order valence-electron chi connectivity index (χ3n) is 4.48. The maximum Gasteiger partial charge on any atom is 0.321 e. The summed E-state index contributed by atoms with van der Waals surface area (Å²) < 4.78 is 33.4. The number of imidazole rings is 1. The van der Waals surface area contributed by atoms with E-state index in [1.807, 2.05) is 0 Å². The van der Waals surface area contributed by atoms with Crippen LogP contribution in [-0.4, -0.2) is 39.8 Å². The van der Waals surface area contributed by atoms with E-state index in [2.05, 4.69) is 4.98 Å². The van der Waals surface area contributed by atoms with Crippen LogP contribution in [0.25, 0.3) is 11.0 Å². The molecule has 1 atom stereocenters. The Morgan fingerprint density at radius 3 is 2.69 bits per heavy atom. The van der Waals surface area contributed by atoms with Crippen molar-refractivity contribution in [2.45, 2.75) is 17.8 Å². The molecule has 2 N–H and O–H groups in total. The molecule has 0 saturated heterocycles. The Morgan fingerprint density at radius 2 is 1.93 bits per heavy atom. The predicted octanol–water partition coefficient (Wildman–Crippen LogP) is 2.80. The zero-order chi connectivity index (χ0) is 20.5. The molecular formula is C19H16F2N4O3S. The molecule has 1 aliphatic rings. The van der Waals surface area contributed by atoms with Crippen molar-refractivity contribution >= 4 is 40.3 Å². The van der Waals surface area contributed by atoms with Gasteiger partial charge in [0.25, 0.3) is 5.91 Å². The number of hydrogen-bond acceptors (Lipinski definition) is 5. The molecule has 150 valence electrons. The number of anilines is 1. The highest BCUT2D eigenvalue weighted by Crippen LogP contribution is 2.34. The molecule has 0 radical (unpaired) electrons. The lowest BCUT2D eigenvalue weighted by atomic mass is 10.2. The van der Waals surface area contributed by atoms with Crippen molar-refractivity contribution in [3.05, 3.63) is 48.5 Å². The summed E-state index contributed by atoms with van der Waals surface area (Å²) in [6, 6.07) is 13.3. The van der Waals surface area contributed by atoms with Crippen LogP contribution >= 0.6 is 11.8 Å². The van der Waals surface area contributed by atoms with Crippen molar-refractivity contribution in [1.82, 2.24) is 9.55 Å². The van der Waals surface area contributed by atoms with Gasteiger partial charge in [-0.25, -0.2) is 4.98 Å².